The van der Waals surface area contributed by atoms with Crippen LogP contribution >= 0.6 is 0 Å². The molecule has 5 nitrogen and oxygen atoms in total. The van der Waals surface area contributed by atoms with Gasteiger partial charge < -0.3 is 15.5 Å². The van der Waals surface area contributed by atoms with Crippen molar-refractivity contribution in [3.63, 3.8) is 0 Å². The quantitative estimate of drug-likeness (QED) is 0.508. The van der Waals surface area contributed by atoms with Crippen LogP contribution in [0.25, 0.3) is 22.4 Å². The van der Waals surface area contributed by atoms with Gasteiger partial charge in [-0.1, -0.05) is 31.2 Å². The molecule has 2 unspecified atom stereocenters. The number of piperidine rings is 2. The van der Waals surface area contributed by atoms with Crippen molar-refractivity contribution < 1.29 is 18.0 Å². The van der Waals surface area contributed by atoms with E-state index in [2.05, 4.69) is 34.1 Å². The predicted molar refractivity (Wildman–Crippen MR) is 137 cm³/mol. The lowest BCUT2D eigenvalue weighted by Gasteiger charge is -2.47. The minimum Gasteiger partial charge on any atom is -0.382 e. The molecule has 5 rings (SSSR count). The molecule has 2 saturated heterocycles. The second-order valence-electron chi connectivity index (χ2n) is 10.4. The fourth-order valence-corrected chi connectivity index (χ4v) is 5.65. The van der Waals surface area contributed by atoms with Crippen molar-refractivity contribution >= 4 is 34.0 Å². The van der Waals surface area contributed by atoms with E-state index in [1.807, 2.05) is 12.1 Å². The van der Waals surface area contributed by atoms with E-state index in [9.17, 15) is 18.0 Å². The number of nitrogens with zero attached hydrogens (tertiary/aromatic N) is 2. The average Bonchev–Trinajstić information content (AvgIpc) is 3.67. The summed E-state index contributed by atoms with van der Waals surface area (Å²) in [5.74, 6) is 0.123. The molecule has 2 aromatic rings. The van der Waals surface area contributed by atoms with Crippen LogP contribution in [-0.2, 0) is 4.79 Å². The third-order valence-electron chi connectivity index (χ3n) is 7.85. The number of pyridine rings is 1. The molecular weight excluding hydrogens is 465 g/mol. The molecule has 1 aliphatic carbocycles. The summed E-state index contributed by atoms with van der Waals surface area (Å²) >= 11 is 0. The molecule has 3 fully saturated rings. The van der Waals surface area contributed by atoms with Gasteiger partial charge >= 0.3 is 6.18 Å². The Balaban J connectivity index is 1.45. The first-order valence-corrected chi connectivity index (χ1v) is 12.8. The number of benzene rings is 1. The van der Waals surface area contributed by atoms with Gasteiger partial charge in [-0.2, -0.15) is 13.2 Å². The number of rotatable bonds is 7. The van der Waals surface area contributed by atoms with E-state index in [0.717, 1.165) is 31.4 Å². The van der Waals surface area contributed by atoms with E-state index < -0.39 is 11.7 Å². The minimum absolute atomic E-state index is 0.0200. The summed E-state index contributed by atoms with van der Waals surface area (Å²) in [6, 6.07) is 8.54. The van der Waals surface area contributed by atoms with Gasteiger partial charge in [-0.15, -0.1) is 0 Å². The fourth-order valence-electron chi connectivity index (χ4n) is 5.65. The van der Waals surface area contributed by atoms with Gasteiger partial charge in [0.1, 0.15) is 0 Å². The standard InChI is InChI=1S/C28H33F3N4O/c1-17(28(29,30)31)26-23-9-4-10-25(33-20-14-21-7-3-8-22(15-20)35(21)2)24(23)16-19(34-26)6-5-13-32-27(36)18-11-12-18/h4-6,9-10,16,18,20-22,33H,1,3,7-8,11-15H2,2H3,(H,32,36)/b6-5+. The maximum absolute atomic E-state index is 13.7. The summed E-state index contributed by atoms with van der Waals surface area (Å²) in [5, 5.41) is 7.61. The molecule has 3 aliphatic rings. The summed E-state index contributed by atoms with van der Waals surface area (Å²) < 4.78 is 41.1. The molecule has 36 heavy (non-hydrogen) atoms. The van der Waals surface area contributed by atoms with Crippen LogP contribution < -0.4 is 10.6 Å². The second kappa shape index (κ2) is 9.88. The number of nitrogens with one attached hydrogen (secondary N) is 2. The molecule has 0 radical (unpaired) electrons. The molecule has 2 bridgehead atoms. The summed E-state index contributed by atoms with van der Waals surface area (Å²) in [6.07, 6.45) is 6.30. The molecule has 1 amide bonds. The Morgan fingerprint density at radius 3 is 2.56 bits per heavy atom. The second-order valence-corrected chi connectivity index (χ2v) is 10.4. The number of carbonyl (C=O) groups excluding carboxylic acids is 1. The van der Waals surface area contributed by atoms with Crippen molar-refractivity contribution in [2.45, 2.75) is 69.2 Å². The number of carbonyl (C=O) groups is 1. The topological polar surface area (TPSA) is 57.3 Å². The van der Waals surface area contributed by atoms with Crippen LogP contribution in [0.3, 0.4) is 0 Å². The zero-order chi connectivity index (χ0) is 25.4. The van der Waals surface area contributed by atoms with Crippen LogP contribution in [0, 0.1) is 5.92 Å². The Labute approximate surface area is 209 Å². The van der Waals surface area contributed by atoms with E-state index in [1.165, 1.54) is 19.3 Å². The zero-order valence-corrected chi connectivity index (χ0v) is 20.6. The van der Waals surface area contributed by atoms with Crippen LogP contribution in [0.5, 0.6) is 0 Å². The highest BCUT2D eigenvalue weighted by Gasteiger charge is 2.37. The van der Waals surface area contributed by atoms with Crippen molar-refractivity contribution in [2.24, 2.45) is 5.92 Å². The molecule has 8 heteroatoms. The Morgan fingerprint density at radius 1 is 1.17 bits per heavy atom. The molecule has 3 heterocycles. The molecule has 0 spiro atoms. The van der Waals surface area contributed by atoms with Crippen LogP contribution in [0.1, 0.15) is 56.3 Å². The number of aromatic nitrogens is 1. The van der Waals surface area contributed by atoms with E-state index in [4.69, 9.17) is 0 Å². The Morgan fingerprint density at radius 2 is 1.89 bits per heavy atom. The molecule has 1 aromatic carbocycles. The van der Waals surface area contributed by atoms with Gasteiger partial charge in [0, 0.05) is 47.0 Å². The summed E-state index contributed by atoms with van der Waals surface area (Å²) in [4.78, 5) is 18.7. The number of anilines is 1. The molecule has 1 saturated carbocycles. The third kappa shape index (κ3) is 5.28. The van der Waals surface area contributed by atoms with E-state index in [0.29, 0.717) is 35.1 Å². The lowest BCUT2D eigenvalue weighted by molar-refractivity contribution is -0.122. The number of alkyl halides is 3. The number of halogens is 3. The molecule has 2 atom stereocenters. The van der Waals surface area contributed by atoms with Crippen LogP contribution in [0.15, 0.2) is 36.9 Å². The minimum atomic E-state index is -4.59. The Hall–Kier alpha value is -2.87. The normalized spacial score (nSPS) is 24.7. The highest BCUT2D eigenvalue weighted by molar-refractivity contribution is 6.00. The van der Waals surface area contributed by atoms with Gasteiger partial charge in [0.05, 0.1) is 17.0 Å². The number of amides is 1. The SMILES string of the molecule is C=C(c1nc(/C=C/CNC(=O)C2CC2)cc2c(NC3CC4CCCC(C3)N4C)cccc12)C(F)(F)F. The first-order chi connectivity index (χ1) is 17.2. The first kappa shape index (κ1) is 24.8. The predicted octanol–water partition coefficient (Wildman–Crippen LogP) is 5.78. The van der Waals surface area contributed by atoms with E-state index in [-0.39, 0.29) is 23.6 Å². The summed E-state index contributed by atoms with van der Waals surface area (Å²) in [5.41, 5.74) is 0.0924. The van der Waals surface area contributed by atoms with Gasteiger partial charge in [0.15, 0.2) is 0 Å². The van der Waals surface area contributed by atoms with E-state index in [1.54, 1.807) is 24.3 Å². The number of fused-ring (bicyclic) bond motifs is 3. The van der Waals surface area contributed by atoms with Gasteiger partial charge in [-0.25, -0.2) is 4.98 Å². The molecular formula is C28H33F3N4O. The number of allylic oxidation sites excluding steroid dienone is 1. The third-order valence-corrected chi connectivity index (χ3v) is 7.85. The van der Waals surface area contributed by atoms with Crippen molar-refractivity contribution in [1.82, 2.24) is 15.2 Å². The molecule has 1 aromatic heterocycles. The van der Waals surface area contributed by atoms with Crippen molar-refractivity contribution in [3.8, 4) is 0 Å². The van der Waals surface area contributed by atoms with Crippen LogP contribution in [-0.4, -0.2) is 53.7 Å². The summed E-state index contributed by atoms with van der Waals surface area (Å²) in [6.45, 7) is 3.64. The lowest BCUT2D eigenvalue weighted by atomic mass is 9.82. The highest BCUT2D eigenvalue weighted by Crippen LogP contribution is 2.39. The Kier molecular flexibility index (Phi) is 6.81. The monoisotopic (exact) mass is 498 g/mol. The molecule has 2 N–H and O–H groups in total. The molecule has 2 aliphatic heterocycles. The van der Waals surface area contributed by atoms with E-state index >= 15 is 0 Å². The van der Waals surface area contributed by atoms with Gasteiger partial charge in [-0.3, -0.25) is 4.79 Å². The lowest BCUT2D eigenvalue weighted by Crippen LogP contribution is -2.52. The number of hydrogen-bond acceptors (Lipinski definition) is 4. The largest absolute Gasteiger partial charge is 0.417 e. The van der Waals surface area contributed by atoms with Gasteiger partial charge in [0.25, 0.3) is 0 Å². The average molecular weight is 499 g/mol. The van der Waals surface area contributed by atoms with Crippen molar-refractivity contribution in [3.05, 3.63) is 48.3 Å². The smallest absolute Gasteiger partial charge is 0.382 e. The maximum Gasteiger partial charge on any atom is 0.417 e. The van der Waals surface area contributed by atoms with Crippen molar-refractivity contribution in [1.29, 1.82) is 0 Å². The van der Waals surface area contributed by atoms with Gasteiger partial charge in [0.2, 0.25) is 5.91 Å². The fraction of sp³-hybridized carbons (Fsp3) is 0.500. The van der Waals surface area contributed by atoms with Gasteiger partial charge in [-0.05, 0) is 63.8 Å². The first-order valence-electron chi connectivity index (χ1n) is 12.8. The van der Waals surface area contributed by atoms with Crippen LogP contribution in [0.2, 0.25) is 0 Å². The molecule has 192 valence electrons. The Bertz CT molecular complexity index is 1170. The maximum atomic E-state index is 13.7. The number of hydrogen-bond donors (Lipinski definition) is 2. The zero-order valence-electron chi connectivity index (χ0n) is 20.6. The highest BCUT2D eigenvalue weighted by atomic mass is 19.4. The van der Waals surface area contributed by atoms with Crippen LogP contribution in [0.4, 0.5) is 18.9 Å². The van der Waals surface area contributed by atoms with Crippen molar-refractivity contribution in [2.75, 3.05) is 18.9 Å². The summed E-state index contributed by atoms with van der Waals surface area (Å²) in [7, 11) is 2.20.